The number of urea groups is 1. The molecule has 0 bridgehead atoms. The molecule has 17 heavy (non-hydrogen) atoms. The van der Waals surface area contributed by atoms with E-state index in [2.05, 4.69) is 17.1 Å². The number of likely N-dealkylation sites (tertiary alicyclic amines) is 1. The van der Waals surface area contributed by atoms with Gasteiger partial charge in [0.05, 0.1) is 0 Å². The van der Waals surface area contributed by atoms with Crippen molar-refractivity contribution in [3.05, 3.63) is 0 Å². The van der Waals surface area contributed by atoms with Gasteiger partial charge in [-0.3, -0.25) is 0 Å². The van der Waals surface area contributed by atoms with Gasteiger partial charge < -0.3 is 10.2 Å². The molecule has 0 unspecified atom stereocenters. The lowest BCUT2D eigenvalue weighted by Gasteiger charge is -2.36. The van der Waals surface area contributed by atoms with Crippen LogP contribution in [-0.4, -0.2) is 29.6 Å². The van der Waals surface area contributed by atoms with E-state index in [-0.39, 0.29) is 6.03 Å². The molecule has 3 heteroatoms. The van der Waals surface area contributed by atoms with Gasteiger partial charge >= 0.3 is 6.03 Å². The molecule has 0 aromatic carbocycles. The first-order valence-corrected chi connectivity index (χ1v) is 7.38. The molecule has 1 aliphatic heterocycles. The van der Waals surface area contributed by atoms with Crippen molar-refractivity contribution in [2.45, 2.75) is 76.8 Å². The Morgan fingerprint density at radius 1 is 1.12 bits per heavy atom. The molecule has 0 radical (unpaired) electrons. The molecule has 3 nitrogen and oxygen atoms in total. The van der Waals surface area contributed by atoms with Gasteiger partial charge in [-0.2, -0.15) is 0 Å². The maximum absolute atomic E-state index is 12.3. The number of rotatable bonds is 2. The SMILES string of the molecule is CC[C@H]1CCCCN1C(=O)NC1CCCCC1. The van der Waals surface area contributed by atoms with Gasteiger partial charge in [0.15, 0.2) is 0 Å². The molecule has 98 valence electrons. The average Bonchev–Trinajstić information content (AvgIpc) is 2.40. The molecule has 1 aliphatic carbocycles. The van der Waals surface area contributed by atoms with Crippen molar-refractivity contribution < 1.29 is 4.79 Å². The first-order valence-electron chi connectivity index (χ1n) is 7.38. The fourth-order valence-electron chi connectivity index (χ4n) is 3.20. The highest BCUT2D eigenvalue weighted by atomic mass is 16.2. The largest absolute Gasteiger partial charge is 0.335 e. The Kier molecular flexibility index (Phi) is 4.69. The minimum atomic E-state index is 0.198. The quantitative estimate of drug-likeness (QED) is 0.786. The summed E-state index contributed by atoms with van der Waals surface area (Å²) in [6, 6.07) is 1.12. The van der Waals surface area contributed by atoms with Crippen LogP contribution >= 0.6 is 0 Å². The fourth-order valence-corrected chi connectivity index (χ4v) is 3.20. The Morgan fingerprint density at radius 3 is 2.53 bits per heavy atom. The van der Waals surface area contributed by atoms with Crippen molar-refractivity contribution in [3.63, 3.8) is 0 Å². The highest BCUT2D eigenvalue weighted by molar-refractivity contribution is 5.75. The van der Waals surface area contributed by atoms with Gasteiger partial charge in [-0.15, -0.1) is 0 Å². The van der Waals surface area contributed by atoms with Crippen LogP contribution in [0.1, 0.15) is 64.7 Å². The van der Waals surface area contributed by atoms with Crippen molar-refractivity contribution in [2.75, 3.05) is 6.54 Å². The molecule has 1 saturated heterocycles. The minimum Gasteiger partial charge on any atom is -0.335 e. The van der Waals surface area contributed by atoms with Gasteiger partial charge in [0, 0.05) is 18.6 Å². The third-order valence-corrected chi connectivity index (χ3v) is 4.29. The summed E-state index contributed by atoms with van der Waals surface area (Å²) in [4.78, 5) is 14.3. The van der Waals surface area contributed by atoms with Crippen molar-refractivity contribution in [2.24, 2.45) is 0 Å². The summed E-state index contributed by atoms with van der Waals surface area (Å²) in [5.41, 5.74) is 0. The fraction of sp³-hybridized carbons (Fsp3) is 0.929. The zero-order valence-electron chi connectivity index (χ0n) is 11.1. The van der Waals surface area contributed by atoms with Crippen molar-refractivity contribution >= 4 is 6.03 Å². The third-order valence-electron chi connectivity index (χ3n) is 4.29. The Hall–Kier alpha value is -0.730. The van der Waals surface area contributed by atoms with E-state index in [0.717, 1.165) is 13.0 Å². The first-order chi connectivity index (χ1) is 8.31. The van der Waals surface area contributed by atoms with Crippen LogP contribution in [0, 0.1) is 0 Å². The monoisotopic (exact) mass is 238 g/mol. The zero-order chi connectivity index (χ0) is 12.1. The number of nitrogens with zero attached hydrogens (tertiary/aromatic N) is 1. The Balaban J connectivity index is 1.84. The van der Waals surface area contributed by atoms with E-state index in [1.54, 1.807) is 0 Å². The van der Waals surface area contributed by atoms with E-state index in [0.29, 0.717) is 12.1 Å². The van der Waals surface area contributed by atoms with Gasteiger partial charge in [0.1, 0.15) is 0 Å². The van der Waals surface area contributed by atoms with Crippen molar-refractivity contribution in [1.82, 2.24) is 10.2 Å². The van der Waals surface area contributed by atoms with Crippen LogP contribution in [0.25, 0.3) is 0 Å². The number of hydrogen-bond donors (Lipinski definition) is 1. The molecule has 1 N–H and O–H groups in total. The lowest BCUT2D eigenvalue weighted by Crippen LogP contribution is -2.51. The maximum Gasteiger partial charge on any atom is 0.317 e. The van der Waals surface area contributed by atoms with Crippen molar-refractivity contribution in [1.29, 1.82) is 0 Å². The molecular weight excluding hydrogens is 212 g/mol. The summed E-state index contributed by atoms with van der Waals surface area (Å²) in [5, 5.41) is 3.24. The predicted octanol–water partition coefficient (Wildman–Crippen LogP) is 3.29. The van der Waals surface area contributed by atoms with E-state index in [1.807, 2.05) is 0 Å². The number of hydrogen-bond acceptors (Lipinski definition) is 1. The molecule has 1 saturated carbocycles. The molecule has 0 spiro atoms. The molecule has 2 amide bonds. The van der Waals surface area contributed by atoms with E-state index in [4.69, 9.17) is 0 Å². The smallest absolute Gasteiger partial charge is 0.317 e. The molecule has 2 aliphatic rings. The standard InChI is InChI=1S/C14H26N2O/c1-2-13-10-6-7-11-16(13)14(17)15-12-8-4-3-5-9-12/h12-13H,2-11H2,1H3,(H,15,17)/t13-/m0/s1. The second-order valence-electron chi connectivity index (χ2n) is 5.54. The van der Waals surface area contributed by atoms with Crippen LogP contribution in [0.5, 0.6) is 0 Å². The van der Waals surface area contributed by atoms with Gasteiger partial charge in [-0.05, 0) is 38.5 Å². The lowest BCUT2D eigenvalue weighted by molar-refractivity contribution is 0.143. The van der Waals surface area contributed by atoms with Crippen LogP contribution in [-0.2, 0) is 0 Å². The van der Waals surface area contributed by atoms with E-state index < -0.39 is 0 Å². The number of carbonyl (C=O) groups is 1. The summed E-state index contributed by atoms with van der Waals surface area (Å²) >= 11 is 0. The Labute approximate surface area is 105 Å². The number of piperidine rings is 1. The van der Waals surface area contributed by atoms with Crippen LogP contribution in [0.3, 0.4) is 0 Å². The Morgan fingerprint density at radius 2 is 1.82 bits per heavy atom. The van der Waals surface area contributed by atoms with Gasteiger partial charge in [0.2, 0.25) is 0 Å². The second kappa shape index (κ2) is 6.27. The molecular formula is C14H26N2O. The van der Waals surface area contributed by atoms with Crippen molar-refractivity contribution in [3.8, 4) is 0 Å². The lowest BCUT2D eigenvalue weighted by atomic mass is 9.95. The Bertz CT molecular complexity index is 249. The van der Waals surface area contributed by atoms with Gasteiger partial charge in [-0.1, -0.05) is 26.2 Å². The second-order valence-corrected chi connectivity index (χ2v) is 5.54. The predicted molar refractivity (Wildman–Crippen MR) is 70.0 cm³/mol. The van der Waals surface area contributed by atoms with Crippen LogP contribution in [0.4, 0.5) is 4.79 Å². The molecule has 0 aromatic rings. The molecule has 2 rings (SSSR count). The molecule has 1 atom stereocenters. The highest BCUT2D eigenvalue weighted by Gasteiger charge is 2.26. The van der Waals surface area contributed by atoms with Crippen LogP contribution in [0.2, 0.25) is 0 Å². The third kappa shape index (κ3) is 3.36. The maximum atomic E-state index is 12.3. The molecule has 1 heterocycles. The van der Waals surface area contributed by atoms with E-state index in [9.17, 15) is 4.79 Å². The van der Waals surface area contributed by atoms with Gasteiger partial charge in [-0.25, -0.2) is 4.79 Å². The molecule has 0 aromatic heterocycles. The molecule has 2 fully saturated rings. The summed E-state index contributed by atoms with van der Waals surface area (Å²) in [6.45, 7) is 3.15. The van der Waals surface area contributed by atoms with E-state index >= 15 is 0 Å². The zero-order valence-corrected chi connectivity index (χ0v) is 11.1. The first kappa shape index (κ1) is 12.7. The summed E-state index contributed by atoms with van der Waals surface area (Å²) in [6.07, 6.45) is 11.0. The summed E-state index contributed by atoms with van der Waals surface area (Å²) < 4.78 is 0. The summed E-state index contributed by atoms with van der Waals surface area (Å²) in [5.74, 6) is 0. The van der Waals surface area contributed by atoms with Crippen LogP contribution in [0.15, 0.2) is 0 Å². The number of amides is 2. The number of carbonyl (C=O) groups excluding carboxylic acids is 1. The highest BCUT2D eigenvalue weighted by Crippen LogP contribution is 2.21. The van der Waals surface area contributed by atoms with Gasteiger partial charge in [0.25, 0.3) is 0 Å². The minimum absolute atomic E-state index is 0.198. The topological polar surface area (TPSA) is 32.3 Å². The normalized spacial score (nSPS) is 26.9. The average molecular weight is 238 g/mol. The van der Waals surface area contributed by atoms with E-state index in [1.165, 1.54) is 51.4 Å². The van der Waals surface area contributed by atoms with Crippen LogP contribution < -0.4 is 5.32 Å². The summed E-state index contributed by atoms with van der Waals surface area (Å²) in [7, 11) is 0. The number of nitrogens with one attached hydrogen (secondary N) is 1.